The number of benzene rings is 1. The first kappa shape index (κ1) is 36.1. The first-order chi connectivity index (χ1) is 21.1. The highest BCUT2D eigenvalue weighted by Gasteiger charge is 2.18. The number of carbonyl (C=O) groups is 1. The number of amides is 1. The lowest BCUT2D eigenvalue weighted by Gasteiger charge is -2.15. The van der Waals surface area contributed by atoms with Crippen molar-refractivity contribution in [1.82, 2.24) is 20.2 Å². The lowest BCUT2D eigenvalue weighted by atomic mass is 10.1. The molecule has 0 spiro atoms. The van der Waals surface area contributed by atoms with Gasteiger partial charge in [0.25, 0.3) is 0 Å². The predicted octanol–water partition coefficient (Wildman–Crippen LogP) is 7.33. The van der Waals surface area contributed by atoms with Crippen LogP contribution in [0, 0.1) is 0 Å². The van der Waals surface area contributed by atoms with Crippen molar-refractivity contribution in [2.45, 2.75) is 39.7 Å². The van der Waals surface area contributed by atoms with Gasteiger partial charge in [0, 0.05) is 47.5 Å². The van der Waals surface area contributed by atoms with Crippen molar-refractivity contribution in [3.63, 3.8) is 0 Å². The Balaban J connectivity index is 2.15. The molecule has 0 bridgehead atoms. The average molecular weight is 660 g/mol. The zero-order chi connectivity index (χ0) is 32.6. The lowest BCUT2D eigenvalue weighted by Crippen LogP contribution is -2.19. The van der Waals surface area contributed by atoms with Crippen molar-refractivity contribution in [3.05, 3.63) is 112 Å². The van der Waals surface area contributed by atoms with Crippen molar-refractivity contribution in [3.8, 4) is 11.5 Å². The summed E-state index contributed by atoms with van der Waals surface area (Å²) in [5, 5.41) is 7.10. The van der Waals surface area contributed by atoms with E-state index in [1.165, 1.54) is 6.08 Å². The molecule has 1 aromatic heterocycles. The van der Waals surface area contributed by atoms with Crippen LogP contribution in [0.5, 0.6) is 11.5 Å². The molecule has 0 aliphatic rings. The molecule has 1 heterocycles. The van der Waals surface area contributed by atoms with Gasteiger partial charge in [-0.25, -0.2) is 15.0 Å². The van der Waals surface area contributed by atoms with Gasteiger partial charge in [0.1, 0.15) is 17.3 Å². The number of hydrogen-bond donors (Lipinski definition) is 2. The van der Waals surface area contributed by atoms with Crippen LogP contribution in [0.3, 0.4) is 0 Å². The molecule has 0 radical (unpaired) electrons. The Morgan fingerprint density at radius 3 is 2.34 bits per heavy atom. The van der Waals surface area contributed by atoms with Crippen molar-refractivity contribution in [1.29, 1.82) is 0 Å². The number of rotatable bonds is 15. The van der Waals surface area contributed by atoms with Crippen LogP contribution in [0.25, 0.3) is 0 Å². The number of aryl methyl sites for hydroxylation is 1. The number of hydrogen-bond acceptors (Lipinski definition) is 5. The number of nitrogens with one attached hydrogen (secondary N) is 2. The Labute approximate surface area is 274 Å². The van der Waals surface area contributed by atoms with E-state index in [-0.39, 0.29) is 11.9 Å². The zero-order valence-corrected chi connectivity index (χ0v) is 27.6. The van der Waals surface area contributed by atoms with Gasteiger partial charge >= 0.3 is 0 Å². The van der Waals surface area contributed by atoms with E-state index in [2.05, 4.69) is 45.5 Å². The number of aliphatic imine (C=N–C) groups is 2. The first-order valence-corrected chi connectivity index (χ1v) is 14.6. The van der Waals surface area contributed by atoms with Crippen molar-refractivity contribution in [2.75, 3.05) is 14.2 Å². The van der Waals surface area contributed by atoms with Gasteiger partial charge in [0.15, 0.2) is 0 Å². The third kappa shape index (κ3) is 10.9. The van der Waals surface area contributed by atoms with Crippen LogP contribution in [-0.4, -0.2) is 42.4 Å². The molecular formula is C32H37Cl3N6O3. The molecule has 2 aromatic rings. The minimum absolute atomic E-state index is 0.285. The number of nitrogens with zero attached hydrogens (tertiary/aromatic N) is 4. The number of halogens is 3. The highest BCUT2D eigenvalue weighted by atomic mass is 35.5. The number of ether oxygens (including phenoxy) is 2. The standard InChI is InChI=1S/C32H37Cl3N6O3/c1-8-22(19-38-32(36-5)39-21(4)11-12-23(33)17-24(9-2)40-29(42)10-3)20-41-16-15-37-28(41)14-13-25-30(34)26(43-6)18-27(44-7)31(25)35/h8,10-12,15-19H,1,3,5,9,13-14,20H2,2,4,6-7H3,(H,38,39)(H,40,42)/b21-11+,22-19-,23-12+,24-17+. The molecule has 0 fully saturated rings. The Bertz CT molecular complexity index is 1490. The Morgan fingerprint density at radius 1 is 1.09 bits per heavy atom. The molecule has 234 valence electrons. The number of carbonyl (C=O) groups excluding carboxylic acids is 1. The van der Waals surface area contributed by atoms with Gasteiger partial charge in [-0.2, -0.15) is 0 Å². The topological polar surface area (TPSA) is 102 Å². The van der Waals surface area contributed by atoms with E-state index in [9.17, 15) is 4.79 Å². The summed E-state index contributed by atoms with van der Waals surface area (Å²) >= 11 is 19.4. The van der Waals surface area contributed by atoms with Crippen LogP contribution >= 0.6 is 34.8 Å². The number of allylic oxidation sites excluding steroid dienone is 8. The van der Waals surface area contributed by atoms with Gasteiger partial charge < -0.3 is 24.7 Å². The fraction of sp³-hybridized carbons (Fsp3) is 0.250. The molecule has 1 aromatic carbocycles. The maximum absolute atomic E-state index is 11.5. The number of aromatic nitrogens is 2. The summed E-state index contributed by atoms with van der Waals surface area (Å²) in [5.41, 5.74) is 2.92. The molecule has 0 unspecified atom stereocenters. The van der Waals surface area contributed by atoms with Gasteiger partial charge in [-0.05, 0) is 61.9 Å². The van der Waals surface area contributed by atoms with Gasteiger partial charge in [-0.3, -0.25) is 4.79 Å². The fourth-order valence-corrected chi connectivity index (χ4v) is 4.67. The number of guanidine groups is 1. The molecule has 0 atom stereocenters. The summed E-state index contributed by atoms with van der Waals surface area (Å²) in [7, 11) is 3.08. The molecule has 0 aliphatic heterocycles. The molecule has 2 rings (SSSR count). The second-order valence-corrected chi connectivity index (χ2v) is 10.3. The average Bonchev–Trinajstić information content (AvgIpc) is 3.47. The molecule has 0 saturated heterocycles. The third-order valence-corrected chi connectivity index (χ3v) is 7.21. The number of methoxy groups -OCH3 is 2. The highest BCUT2D eigenvalue weighted by molar-refractivity contribution is 6.37. The molecule has 2 N–H and O–H groups in total. The monoisotopic (exact) mass is 658 g/mol. The van der Waals surface area contributed by atoms with E-state index in [4.69, 9.17) is 44.3 Å². The highest BCUT2D eigenvalue weighted by Crippen LogP contribution is 2.40. The lowest BCUT2D eigenvalue weighted by molar-refractivity contribution is -0.115. The van der Waals surface area contributed by atoms with Crippen LogP contribution in [0.2, 0.25) is 10.0 Å². The normalized spacial score (nSPS) is 12.9. The molecular weight excluding hydrogens is 623 g/mol. The van der Waals surface area contributed by atoms with Crippen LogP contribution in [0.15, 0.2) is 100 Å². The quantitative estimate of drug-likeness (QED) is 0.0902. The second kappa shape index (κ2) is 18.6. The molecule has 12 heteroatoms. The smallest absolute Gasteiger partial charge is 0.247 e. The SMILES string of the molecule is C=CC(=O)N/C(=C/C(Cl)=C\C=C(/C)NC(N=C)=N/C=C(/C=C)Cn1ccnc1CCc1c(Cl)c(OC)cc(OC)c1Cl)CC. The minimum atomic E-state index is -0.297. The van der Waals surface area contributed by atoms with Crippen molar-refractivity contribution >= 4 is 53.4 Å². The van der Waals surface area contributed by atoms with E-state index in [1.54, 1.807) is 57.0 Å². The maximum atomic E-state index is 11.5. The Morgan fingerprint density at radius 2 is 1.77 bits per heavy atom. The second-order valence-electron chi connectivity index (χ2n) is 9.12. The van der Waals surface area contributed by atoms with E-state index in [1.807, 2.05) is 24.6 Å². The third-order valence-electron chi connectivity index (χ3n) is 6.15. The van der Waals surface area contributed by atoms with E-state index < -0.39 is 0 Å². The van der Waals surface area contributed by atoms with E-state index >= 15 is 0 Å². The summed E-state index contributed by atoms with van der Waals surface area (Å²) in [4.78, 5) is 24.5. The summed E-state index contributed by atoms with van der Waals surface area (Å²) in [6, 6.07) is 1.66. The predicted molar refractivity (Wildman–Crippen MR) is 182 cm³/mol. The first-order valence-electron chi connectivity index (χ1n) is 13.5. The van der Waals surface area contributed by atoms with Crippen molar-refractivity contribution < 1.29 is 14.3 Å². The summed E-state index contributed by atoms with van der Waals surface area (Å²) in [6.45, 7) is 15.2. The molecule has 9 nitrogen and oxygen atoms in total. The minimum Gasteiger partial charge on any atom is -0.495 e. The van der Waals surface area contributed by atoms with Crippen molar-refractivity contribution in [2.24, 2.45) is 9.98 Å². The molecule has 0 saturated carbocycles. The fourth-order valence-electron chi connectivity index (χ4n) is 3.79. The number of imidazole rings is 1. The van der Waals surface area contributed by atoms with E-state index in [0.29, 0.717) is 63.8 Å². The summed E-state index contributed by atoms with van der Waals surface area (Å²) < 4.78 is 12.7. The largest absolute Gasteiger partial charge is 0.495 e. The van der Waals surface area contributed by atoms with Gasteiger partial charge in [0.05, 0.1) is 30.8 Å². The van der Waals surface area contributed by atoms with Gasteiger partial charge in [-0.15, -0.1) is 0 Å². The van der Waals surface area contributed by atoms with Crippen LogP contribution < -0.4 is 20.1 Å². The zero-order valence-electron chi connectivity index (χ0n) is 25.3. The summed E-state index contributed by atoms with van der Waals surface area (Å²) in [6.07, 6.45) is 15.0. The maximum Gasteiger partial charge on any atom is 0.247 e. The Kier molecular flexibility index (Phi) is 15.3. The molecule has 1 amide bonds. The van der Waals surface area contributed by atoms with Gasteiger partial charge in [0.2, 0.25) is 11.9 Å². The Hall–Kier alpha value is -4.05. The van der Waals surface area contributed by atoms with Crippen LogP contribution in [0.1, 0.15) is 31.7 Å². The van der Waals surface area contributed by atoms with Gasteiger partial charge in [-0.1, -0.05) is 61.0 Å². The van der Waals surface area contributed by atoms with Crippen LogP contribution in [0.4, 0.5) is 0 Å². The molecule has 0 aliphatic carbocycles. The molecule has 44 heavy (non-hydrogen) atoms. The van der Waals surface area contributed by atoms with Crippen LogP contribution in [-0.2, 0) is 24.2 Å². The summed E-state index contributed by atoms with van der Waals surface area (Å²) in [5.74, 6) is 1.79. The van der Waals surface area contributed by atoms with E-state index in [0.717, 1.165) is 17.0 Å².